The molecular formula is C18H17FN2O4S. The van der Waals surface area contributed by atoms with E-state index in [0.717, 1.165) is 9.87 Å². The highest BCUT2D eigenvalue weighted by atomic mass is 32.2. The summed E-state index contributed by atoms with van der Waals surface area (Å²) in [4.78, 5) is 23.9. The molecule has 2 aromatic carbocycles. The summed E-state index contributed by atoms with van der Waals surface area (Å²) in [5.74, 6) is -1.29. The smallest absolute Gasteiger partial charge is 0.251 e. The van der Waals surface area contributed by atoms with Crippen LogP contribution >= 0.6 is 0 Å². The Bertz CT molecular complexity index is 925. The zero-order valence-electron chi connectivity index (χ0n) is 13.8. The number of rotatable bonds is 5. The van der Waals surface area contributed by atoms with Gasteiger partial charge in [0.25, 0.3) is 5.91 Å². The molecule has 0 aromatic heterocycles. The fourth-order valence-electron chi connectivity index (χ4n) is 2.69. The molecule has 0 bridgehead atoms. The predicted molar refractivity (Wildman–Crippen MR) is 94.8 cm³/mol. The molecular weight excluding hydrogens is 359 g/mol. The number of carbonyl (C=O) groups excluding carboxylic acids is 2. The molecule has 6 nitrogen and oxygen atoms in total. The Hall–Kier alpha value is -2.74. The van der Waals surface area contributed by atoms with E-state index in [2.05, 4.69) is 5.32 Å². The van der Waals surface area contributed by atoms with Crippen molar-refractivity contribution in [1.29, 1.82) is 0 Å². The monoisotopic (exact) mass is 376 g/mol. The van der Waals surface area contributed by atoms with Crippen molar-refractivity contribution in [1.82, 2.24) is 5.32 Å². The molecule has 0 radical (unpaired) electrons. The minimum absolute atomic E-state index is 0.0338. The maximum atomic E-state index is 12.8. The van der Waals surface area contributed by atoms with E-state index in [4.69, 9.17) is 0 Å². The molecule has 0 saturated carbocycles. The molecule has 1 aliphatic heterocycles. The van der Waals surface area contributed by atoms with Gasteiger partial charge in [-0.15, -0.1) is 0 Å². The van der Waals surface area contributed by atoms with E-state index in [-0.39, 0.29) is 29.6 Å². The highest BCUT2D eigenvalue weighted by Crippen LogP contribution is 2.25. The molecule has 0 aliphatic carbocycles. The maximum Gasteiger partial charge on any atom is 0.251 e. The lowest BCUT2D eigenvalue weighted by molar-refractivity contribution is -0.116. The Labute approximate surface area is 150 Å². The average molecular weight is 376 g/mol. The van der Waals surface area contributed by atoms with Gasteiger partial charge in [0.1, 0.15) is 5.82 Å². The van der Waals surface area contributed by atoms with Gasteiger partial charge >= 0.3 is 0 Å². The summed E-state index contributed by atoms with van der Waals surface area (Å²) in [6, 6.07) is 11.9. The van der Waals surface area contributed by atoms with Crippen LogP contribution < -0.4 is 9.62 Å². The lowest BCUT2D eigenvalue weighted by Crippen LogP contribution is -2.29. The highest BCUT2D eigenvalue weighted by molar-refractivity contribution is 7.94. The Morgan fingerprint density at radius 1 is 1.08 bits per heavy atom. The maximum absolute atomic E-state index is 12.8. The standard InChI is InChI=1S/C18H17FN2O4S/c19-15-5-1-13(2-6-15)9-11-20-18(23)14-3-7-16(8-4-14)21-17(22)10-12-26(21,24)25/h1-8H,9-12H2,(H,20,23). The number of benzene rings is 2. The molecule has 0 unspecified atom stereocenters. The van der Waals surface area contributed by atoms with Crippen molar-refractivity contribution in [3.8, 4) is 0 Å². The van der Waals surface area contributed by atoms with Gasteiger partial charge in [0.2, 0.25) is 15.9 Å². The first-order chi connectivity index (χ1) is 12.4. The summed E-state index contributed by atoms with van der Waals surface area (Å²) in [6.45, 7) is 0.380. The molecule has 8 heteroatoms. The number of hydrogen-bond acceptors (Lipinski definition) is 4. The number of carbonyl (C=O) groups is 2. The third-order valence-electron chi connectivity index (χ3n) is 4.06. The summed E-state index contributed by atoms with van der Waals surface area (Å²) in [5, 5.41) is 2.74. The first-order valence-electron chi connectivity index (χ1n) is 8.05. The summed E-state index contributed by atoms with van der Waals surface area (Å²) < 4.78 is 37.4. The van der Waals surface area contributed by atoms with Crippen molar-refractivity contribution in [2.45, 2.75) is 12.8 Å². The SMILES string of the molecule is O=C(NCCc1ccc(F)cc1)c1ccc(N2C(=O)CCS2(=O)=O)cc1. The lowest BCUT2D eigenvalue weighted by Gasteiger charge is -2.15. The van der Waals surface area contributed by atoms with E-state index in [1.807, 2.05) is 0 Å². The Morgan fingerprint density at radius 2 is 1.73 bits per heavy atom. The number of halogens is 1. The molecule has 1 heterocycles. The van der Waals surface area contributed by atoms with Gasteiger partial charge in [0, 0.05) is 18.5 Å². The van der Waals surface area contributed by atoms with E-state index >= 15 is 0 Å². The van der Waals surface area contributed by atoms with Crippen molar-refractivity contribution in [2.24, 2.45) is 0 Å². The van der Waals surface area contributed by atoms with Crippen LogP contribution in [0.5, 0.6) is 0 Å². The minimum Gasteiger partial charge on any atom is -0.352 e. The van der Waals surface area contributed by atoms with Gasteiger partial charge in [-0.25, -0.2) is 17.1 Å². The number of sulfonamides is 1. The van der Waals surface area contributed by atoms with Crippen molar-refractivity contribution in [2.75, 3.05) is 16.6 Å². The molecule has 1 aliphatic rings. The molecule has 2 amide bonds. The zero-order valence-corrected chi connectivity index (χ0v) is 14.6. The summed E-state index contributed by atoms with van der Waals surface area (Å²) in [5.41, 5.74) is 1.49. The molecule has 0 spiro atoms. The van der Waals surface area contributed by atoms with Gasteiger partial charge < -0.3 is 5.32 Å². The van der Waals surface area contributed by atoms with Gasteiger partial charge in [-0.3, -0.25) is 9.59 Å². The van der Waals surface area contributed by atoms with Crippen LogP contribution in [0.15, 0.2) is 48.5 Å². The molecule has 1 saturated heterocycles. The van der Waals surface area contributed by atoms with Crippen molar-refractivity contribution < 1.29 is 22.4 Å². The third-order valence-corrected chi connectivity index (χ3v) is 5.75. The Balaban J connectivity index is 1.60. The van der Waals surface area contributed by atoms with Gasteiger partial charge in [0.05, 0.1) is 11.4 Å². The molecule has 2 aromatic rings. The summed E-state index contributed by atoms with van der Waals surface area (Å²) >= 11 is 0. The van der Waals surface area contributed by atoms with E-state index in [1.54, 1.807) is 12.1 Å². The molecule has 136 valence electrons. The van der Waals surface area contributed by atoms with E-state index in [1.165, 1.54) is 36.4 Å². The first-order valence-corrected chi connectivity index (χ1v) is 9.66. The van der Waals surface area contributed by atoms with E-state index in [0.29, 0.717) is 18.5 Å². The van der Waals surface area contributed by atoms with Gasteiger partial charge in [-0.2, -0.15) is 0 Å². The van der Waals surface area contributed by atoms with Gasteiger partial charge in [-0.1, -0.05) is 12.1 Å². The van der Waals surface area contributed by atoms with Crippen LogP contribution in [-0.2, 0) is 21.2 Å². The van der Waals surface area contributed by atoms with Crippen LogP contribution in [0.2, 0.25) is 0 Å². The fourth-order valence-corrected chi connectivity index (χ4v) is 4.15. The first kappa shape index (κ1) is 18.1. The second-order valence-electron chi connectivity index (χ2n) is 5.90. The lowest BCUT2D eigenvalue weighted by atomic mass is 10.1. The second kappa shape index (κ2) is 7.25. The van der Waals surface area contributed by atoms with Crippen LogP contribution in [0, 0.1) is 5.82 Å². The van der Waals surface area contributed by atoms with Gasteiger partial charge in [0.15, 0.2) is 0 Å². The minimum atomic E-state index is -3.61. The number of hydrogen-bond donors (Lipinski definition) is 1. The van der Waals surface area contributed by atoms with Crippen molar-refractivity contribution in [3.63, 3.8) is 0 Å². The van der Waals surface area contributed by atoms with E-state index in [9.17, 15) is 22.4 Å². The third kappa shape index (κ3) is 3.91. The quantitative estimate of drug-likeness (QED) is 0.863. The number of nitrogens with one attached hydrogen (secondary N) is 1. The molecule has 0 atom stereocenters. The topological polar surface area (TPSA) is 83.6 Å². The van der Waals surface area contributed by atoms with Crippen LogP contribution in [0.3, 0.4) is 0 Å². The van der Waals surface area contributed by atoms with Crippen LogP contribution in [0.1, 0.15) is 22.3 Å². The Morgan fingerprint density at radius 3 is 2.31 bits per heavy atom. The van der Waals surface area contributed by atoms with E-state index < -0.39 is 15.9 Å². The van der Waals surface area contributed by atoms with Crippen molar-refractivity contribution >= 4 is 27.5 Å². The summed E-state index contributed by atoms with van der Waals surface area (Å²) in [7, 11) is -3.61. The zero-order chi connectivity index (χ0) is 18.7. The fraction of sp³-hybridized carbons (Fsp3) is 0.222. The number of anilines is 1. The van der Waals surface area contributed by atoms with Crippen LogP contribution in [0.25, 0.3) is 0 Å². The molecule has 1 N–H and O–H groups in total. The van der Waals surface area contributed by atoms with Gasteiger partial charge in [-0.05, 0) is 48.4 Å². The highest BCUT2D eigenvalue weighted by Gasteiger charge is 2.36. The van der Waals surface area contributed by atoms with Crippen LogP contribution in [-0.4, -0.2) is 32.5 Å². The Kier molecular flexibility index (Phi) is 5.03. The molecule has 26 heavy (non-hydrogen) atoms. The molecule has 3 rings (SSSR count). The number of amides is 2. The average Bonchev–Trinajstić information content (AvgIpc) is 2.89. The normalized spacial score (nSPS) is 15.9. The number of nitrogens with zero attached hydrogens (tertiary/aromatic N) is 1. The van der Waals surface area contributed by atoms with Crippen LogP contribution in [0.4, 0.5) is 10.1 Å². The second-order valence-corrected chi connectivity index (χ2v) is 7.84. The summed E-state index contributed by atoms with van der Waals surface area (Å²) in [6.07, 6.45) is 0.526. The predicted octanol–water partition coefficient (Wildman–Crippen LogP) is 1.86. The molecule has 1 fully saturated rings. The largest absolute Gasteiger partial charge is 0.352 e. The van der Waals surface area contributed by atoms with Crippen molar-refractivity contribution in [3.05, 3.63) is 65.5 Å².